The van der Waals surface area contributed by atoms with Crippen molar-refractivity contribution in [1.82, 2.24) is 0 Å². The van der Waals surface area contributed by atoms with Crippen molar-refractivity contribution < 1.29 is 0 Å². The minimum atomic E-state index is 1.26. The summed E-state index contributed by atoms with van der Waals surface area (Å²) in [5.74, 6) is 0. The van der Waals surface area contributed by atoms with E-state index in [1.54, 1.807) is 0 Å². The van der Waals surface area contributed by atoms with Crippen LogP contribution in [0.15, 0.2) is 35.9 Å². The zero-order chi connectivity index (χ0) is 7.82. The predicted octanol–water partition coefficient (Wildman–Crippen LogP) is 2.77. The quantitative estimate of drug-likeness (QED) is 0.410. The molecule has 0 saturated carbocycles. The molecule has 0 spiro atoms. The smallest absolute Gasteiger partial charge is 0.0940 e. The lowest BCUT2D eigenvalue weighted by Gasteiger charge is -1.89. The van der Waals surface area contributed by atoms with Gasteiger partial charge in [-0.3, -0.25) is 0 Å². The van der Waals surface area contributed by atoms with Gasteiger partial charge in [-0.15, -0.1) is 0 Å². The Balaban J connectivity index is 3.85. The third-order valence-corrected chi connectivity index (χ3v) is 1.26. The van der Waals surface area contributed by atoms with Crippen LogP contribution in [0.2, 0.25) is 6.82 Å². The van der Waals surface area contributed by atoms with Crippen molar-refractivity contribution in [3.05, 3.63) is 35.9 Å². The highest BCUT2D eigenvalue weighted by Gasteiger charge is 1.82. The average Bonchev–Trinajstić information content (AvgIpc) is 1.99. The summed E-state index contributed by atoms with van der Waals surface area (Å²) in [6, 6.07) is 0. The van der Waals surface area contributed by atoms with E-state index in [0.29, 0.717) is 0 Å². The molecule has 0 aliphatic carbocycles. The van der Waals surface area contributed by atoms with E-state index in [0.717, 1.165) is 0 Å². The number of hydrogen-bond donors (Lipinski definition) is 0. The van der Waals surface area contributed by atoms with E-state index in [-0.39, 0.29) is 0 Å². The van der Waals surface area contributed by atoms with Gasteiger partial charge in [-0.25, -0.2) is 0 Å². The highest BCUT2D eigenvalue weighted by atomic mass is 13.7. The SMILES string of the molecule is C[B]C(/C=C\C=C/C)=C/C. The van der Waals surface area contributed by atoms with E-state index in [9.17, 15) is 0 Å². The van der Waals surface area contributed by atoms with Crippen molar-refractivity contribution in [2.24, 2.45) is 0 Å². The van der Waals surface area contributed by atoms with Crippen LogP contribution in [0, 0.1) is 0 Å². The molecule has 0 nitrogen and oxygen atoms in total. The van der Waals surface area contributed by atoms with Gasteiger partial charge in [0.15, 0.2) is 0 Å². The van der Waals surface area contributed by atoms with Crippen LogP contribution in [-0.2, 0) is 0 Å². The average molecular weight is 133 g/mol. The second-order valence-electron chi connectivity index (χ2n) is 1.96. The maximum Gasteiger partial charge on any atom is 0.147 e. The topological polar surface area (TPSA) is 0 Å². The third kappa shape index (κ3) is 4.19. The molecule has 0 atom stereocenters. The van der Waals surface area contributed by atoms with E-state index < -0.39 is 0 Å². The van der Waals surface area contributed by atoms with Crippen LogP contribution in [0.3, 0.4) is 0 Å². The Bertz CT molecular complexity index is 152. The molecule has 0 saturated heterocycles. The van der Waals surface area contributed by atoms with Gasteiger partial charge < -0.3 is 0 Å². The molecule has 0 bridgehead atoms. The fraction of sp³-hybridized carbons (Fsp3) is 0.333. The Morgan fingerprint density at radius 1 is 1.20 bits per heavy atom. The van der Waals surface area contributed by atoms with Crippen LogP contribution >= 0.6 is 0 Å². The van der Waals surface area contributed by atoms with E-state index in [4.69, 9.17) is 0 Å². The minimum Gasteiger partial charge on any atom is -0.0940 e. The van der Waals surface area contributed by atoms with E-state index in [2.05, 4.69) is 19.4 Å². The molecule has 0 heterocycles. The first-order valence-electron chi connectivity index (χ1n) is 3.60. The summed E-state index contributed by atoms with van der Waals surface area (Å²) in [7, 11) is 2.08. The summed E-state index contributed by atoms with van der Waals surface area (Å²) >= 11 is 0. The summed E-state index contributed by atoms with van der Waals surface area (Å²) < 4.78 is 0. The molecule has 53 valence electrons. The molecule has 0 aromatic carbocycles. The van der Waals surface area contributed by atoms with Crippen LogP contribution in [0.4, 0.5) is 0 Å². The third-order valence-electron chi connectivity index (χ3n) is 1.26. The second-order valence-corrected chi connectivity index (χ2v) is 1.96. The van der Waals surface area contributed by atoms with Gasteiger partial charge in [-0.1, -0.05) is 42.7 Å². The first-order valence-corrected chi connectivity index (χ1v) is 3.60. The van der Waals surface area contributed by atoms with Crippen molar-refractivity contribution in [1.29, 1.82) is 0 Å². The zero-order valence-corrected chi connectivity index (χ0v) is 6.96. The molecule has 0 amide bonds. The highest BCUT2D eigenvalue weighted by molar-refractivity contribution is 6.44. The van der Waals surface area contributed by atoms with Crippen LogP contribution in [-0.4, -0.2) is 7.28 Å². The maximum absolute atomic E-state index is 2.08. The predicted molar refractivity (Wildman–Crippen MR) is 49.3 cm³/mol. The molecular weight excluding hydrogens is 119 g/mol. The Hall–Kier alpha value is -0.715. The molecule has 0 N–H and O–H groups in total. The van der Waals surface area contributed by atoms with Gasteiger partial charge in [0.05, 0.1) is 0 Å². The lowest BCUT2D eigenvalue weighted by atomic mass is 9.72. The van der Waals surface area contributed by atoms with Gasteiger partial charge in [0.2, 0.25) is 0 Å². The van der Waals surface area contributed by atoms with Crippen LogP contribution < -0.4 is 0 Å². The fourth-order valence-electron chi connectivity index (χ4n) is 0.637. The molecule has 0 fully saturated rings. The summed E-state index contributed by atoms with van der Waals surface area (Å²) in [5.41, 5.74) is 1.26. The minimum absolute atomic E-state index is 1.26. The lowest BCUT2D eigenvalue weighted by molar-refractivity contribution is 1.67. The van der Waals surface area contributed by atoms with Gasteiger partial charge >= 0.3 is 0 Å². The molecule has 1 heteroatoms. The number of rotatable bonds is 3. The van der Waals surface area contributed by atoms with Crippen molar-refractivity contribution in [2.75, 3.05) is 0 Å². The summed E-state index contributed by atoms with van der Waals surface area (Å²) in [6.45, 7) is 6.08. The second kappa shape index (κ2) is 6.41. The van der Waals surface area contributed by atoms with E-state index in [1.165, 1.54) is 5.47 Å². The standard InChI is InChI=1S/C9H14B/c1-4-6-7-8-9(5-2)10-3/h4-8H,1-3H3/b6-4-,8-7-,9-5+. The van der Waals surface area contributed by atoms with Gasteiger partial charge in [0, 0.05) is 0 Å². The normalized spacial score (nSPS) is 13.3. The maximum atomic E-state index is 2.08. The Labute approximate surface area is 64.6 Å². The Kier molecular flexibility index (Phi) is 5.95. The van der Waals surface area contributed by atoms with E-state index >= 15 is 0 Å². The summed E-state index contributed by atoms with van der Waals surface area (Å²) in [4.78, 5) is 0. The molecule has 0 aliphatic rings. The Morgan fingerprint density at radius 2 is 1.90 bits per heavy atom. The molecule has 0 aliphatic heterocycles. The van der Waals surface area contributed by atoms with Gasteiger partial charge in [0.25, 0.3) is 0 Å². The first kappa shape index (κ1) is 9.28. The molecule has 0 unspecified atom stereocenters. The van der Waals surface area contributed by atoms with Crippen LogP contribution in [0.25, 0.3) is 0 Å². The van der Waals surface area contributed by atoms with Gasteiger partial charge in [-0.05, 0) is 13.8 Å². The number of allylic oxidation sites excluding steroid dienone is 6. The zero-order valence-electron chi connectivity index (χ0n) is 6.96. The molecule has 0 rings (SSSR count). The summed E-state index contributed by atoms with van der Waals surface area (Å²) in [6.07, 6.45) is 10.2. The lowest BCUT2D eigenvalue weighted by Crippen LogP contribution is -1.83. The van der Waals surface area contributed by atoms with Crippen molar-refractivity contribution in [2.45, 2.75) is 20.7 Å². The number of hydrogen-bond acceptors (Lipinski definition) is 0. The van der Waals surface area contributed by atoms with Gasteiger partial charge in [0.1, 0.15) is 7.28 Å². The van der Waals surface area contributed by atoms with E-state index in [1.807, 2.05) is 38.9 Å². The Morgan fingerprint density at radius 3 is 2.30 bits per heavy atom. The first-order chi connectivity index (χ1) is 4.85. The van der Waals surface area contributed by atoms with Crippen molar-refractivity contribution in [3.63, 3.8) is 0 Å². The summed E-state index contributed by atoms with van der Waals surface area (Å²) in [5, 5.41) is 0. The molecule has 0 aromatic heterocycles. The fourth-order valence-corrected chi connectivity index (χ4v) is 0.637. The molecule has 0 aromatic rings. The molecule has 10 heavy (non-hydrogen) atoms. The van der Waals surface area contributed by atoms with Crippen molar-refractivity contribution >= 4 is 7.28 Å². The van der Waals surface area contributed by atoms with Crippen molar-refractivity contribution in [3.8, 4) is 0 Å². The molecular formula is C9H14B. The van der Waals surface area contributed by atoms with Crippen LogP contribution in [0.5, 0.6) is 0 Å². The highest BCUT2D eigenvalue weighted by Crippen LogP contribution is 1.93. The monoisotopic (exact) mass is 133 g/mol. The van der Waals surface area contributed by atoms with Gasteiger partial charge in [-0.2, -0.15) is 0 Å². The largest absolute Gasteiger partial charge is 0.147 e. The molecule has 1 radical (unpaired) electrons. The van der Waals surface area contributed by atoms with Crippen LogP contribution in [0.1, 0.15) is 13.8 Å².